The van der Waals surface area contributed by atoms with Crippen LogP contribution in [0, 0.1) is 0 Å². The summed E-state index contributed by atoms with van der Waals surface area (Å²) in [5, 5.41) is 3.65. The second-order valence-corrected chi connectivity index (χ2v) is 5.53. The van der Waals surface area contributed by atoms with Crippen LogP contribution in [0.2, 0.25) is 0 Å². The summed E-state index contributed by atoms with van der Waals surface area (Å²) in [5.74, 6) is 0.422. The van der Waals surface area contributed by atoms with E-state index < -0.39 is 0 Å². The lowest BCUT2D eigenvalue weighted by atomic mass is 10.1. The van der Waals surface area contributed by atoms with Crippen LogP contribution in [0.5, 0.6) is 5.75 Å². The quantitative estimate of drug-likeness (QED) is 0.673. The van der Waals surface area contributed by atoms with Gasteiger partial charge in [-0.2, -0.15) is 0 Å². The molecule has 1 N–H and O–H groups in total. The van der Waals surface area contributed by atoms with E-state index >= 15 is 0 Å². The molecule has 0 atom stereocenters. The van der Waals surface area contributed by atoms with E-state index in [2.05, 4.69) is 33.4 Å². The Morgan fingerprint density at radius 3 is 2.81 bits per heavy atom. The molecule has 0 bridgehead atoms. The highest BCUT2D eigenvalue weighted by Gasteiger charge is 2.15. The minimum Gasteiger partial charge on any atom is -0.496 e. The average molecular weight is 358 g/mol. The van der Waals surface area contributed by atoms with Gasteiger partial charge in [-0.25, -0.2) is 9.97 Å². The number of carbonyl (C=O) groups excluding carboxylic acids is 1. The number of pyridine rings is 3. The van der Waals surface area contributed by atoms with Gasteiger partial charge < -0.3 is 10.1 Å². The number of hydrogen-bond acceptors (Lipinski definition) is 5. The normalized spacial score (nSPS) is 11.1. The van der Waals surface area contributed by atoms with Gasteiger partial charge in [0.1, 0.15) is 17.1 Å². The zero-order valence-electron chi connectivity index (χ0n) is 14.8. The molecule has 0 aliphatic carbocycles. The maximum absolute atomic E-state index is 12.7. The van der Waals surface area contributed by atoms with Crippen molar-refractivity contribution in [1.29, 1.82) is 0 Å². The maximum atomic E-state index is 12.7. The van der Waals surface area contributed by atoms with Crippen molar-refractivity contribution >= 4 is 28.3 Å². The number of carbonyl (C=O) groups is 1. The van der Waals surface area contributed by atoms with Gasteiger partial charge in [-0.15, -0.1) is 0 Å². The van der Waals surface area contributed by atoms with E-state index in [0.717, 1.165) is 11.0 Å². The van der Waals surface area contributed by atoms with Gasteiger partial charge in [-0.3, -0.25) is 9.78 Å². The monoisotopic (exact) mass is 358 g/mol. The molecule has 0 saturated heterocycles. The molecular formula is C21H18N4O2. The molecule has 0 radical (unpaired) electrons. The second-order valence-electron chi connectivity index (χ2n) is 5.53. The fourth-order valence-electron chi connectivity index (χ4n) is 2.53. The highest BCUT2D eigenvalue weighted by Crippen LogP contribution is 2.24. The number of aromatic nitrogens is 3. The Labute approximate surface area is 157 Å². The Morgan fingerprint density at radius 2 is 2.07 bits per heavy atom. The van der Waals surface area contributed by atoms with Crippen molar-refractivity contribution < 1.29 is 9.53 Å². The smallest absolute Gasteiger partial charge is 0.262 e. The number of amides is 1. The highest BCUT2D eigenvalue weighted by molar-refractivity contribution is 6.06. The lowest BCUT2D eigenvalue weighted by Crippen LogP contribution is -2.15. The Hall–Kier alpha value is -3.80. The third-order valence-electron chi connectivity index (χ3n) is 3.85. The Bertz CT molecular complexity index is 1060. The molecule has 0 aromatic carbocycles. The molecule has 3 aromatic heterocycles. The highest BCUT2D eigenvalue weighted by atomic mass is 16.5. The summed E-state index contributed by atoms with van der Waals surface area (Å²) >= 11 is 0. The van der Waals surface area contributed by atoms with Gasteiger partial charge >= 0.3 is 0 Å². The van der Waals surface area contributed by atoms with Gasteiger partial charge in [-0.1, -0.05) is 31.4 Å². The zero-order valence-corrected chi connectivity index (χ0v) is 14.8. The van der Waals surface area contributed by atoms with Crippen molar-refractivity contribution in [2.45, 2.75) is 0 Å². The van der Waals surface area contributed by atoms with E-state index in [4.69, 9.17) is 4.74 Å². The number of anilines is 1. The Balaban J connectivity index is 1.90. The van der Waals surface area contributed by atoms with Crippen LogP contribution in [0.25, 0.3) is 16.6 Å². The van der Waals surface area contributed by atoms with Gasteiger partial charge in [0, 0.05) is 23.8 Å². The van der Waals surface area contributed by atoms with Crippen molar-refractivity contribution in [2.24, 2.45) is 0 Å². The molecule has 1 amide bonds. The van der Waals surface area contributed by atoms with Crippen molar-refractivity contribution in [2.75, 3.05) is 12.4 Å². The SMILES string of the molecule is C=C/C=C(\C=C)c1cc(OC)c(C(=O)Nc2ccc3cccnc3n2)cn1. The Morgan fingerprint density at radius 1 is 1.22 bits per heavy atom. The molecule has 3 aromatic rings. The van der Waals surface area contributed by atoms with Crippen LogP contribution in [0.4, 0.5) is 5.82 Å². The lowest BCUT2D eigenvalue weighted by Gasteiger charge is -2.11. The predicted octanol–water partition coefficient (Wildman–Crippen LogP) is 4.04. The van der Waals surface area contributed by atoms with Crippen LogP contribution in [0.3, 0.4) is 0 Å². The number of fused-ring (bicyclic) bond motifs is 1. The van der Waals surface area contributed by atoms with E-state index in [9.17, 15) is 4.79 Å². The molecule has 0 spiro atoms. The summed E-state index contributed by atoms with van der Waals surface area (Å²) in [5.41, 5.74) is 2.26. The number of allylic oxidation sites excluding steroid dienone is 4. The Kier molecular flexibility index (Phi) is 5.37. The van der Waals surface area contributed by atoms with Crippen molar-refractivity contribution in [1.82, 2.24) is 15.0 Å². The molecule has 0 unspecified atom stereocenters. The first-order chi connectivity index (χ1) is 13.2. The summed E-state index contributed by atoms with van der Waals surface area (Å²) in [7, 11) is 1.50. The number of ether oxygens (including phenoxy) is 1. The van der Waals surface area contributed by atoms with E-state index in [1.807, 2.05) is 18.2 Å². The van der Waals surface area contributed by atoms with Crippen molar-refractivity contribution in [3.63, 3.8) is 0 Å². The molecule has 6 nitrogen and oxygen atoms in total. The summed E-state index contributed by atoms with van der Waals surface area (Å²) < 4.78 is 5.37. The van der Waals surface area contributed by atoms with Crippen molar-refractivity contribution in [3.05, 3.63) is 85.4 Å². The van der Waals surface area contributed by atoms with E-state index in [0.29, 0.717) is 28.5 Å². The van der Waals surface area contributed by atoms with Gasteiger partial charge in [0.25, 0.3) is 5.91 Å². The fraction of sp³-hybridized carbons (Fsp3) is 0.0476. The first-order valence-corrected chi connectivity index (χ1v) is 8.19. The molecule has 27 heavy (non-hydrogen) atoms. The molecule has 3 rings (SSSR count). The largest absolute Gasteiger partial charge is 0.496 e. The van der Waals surface area contributed by atoms with Crippen molar-refractivity contribution in [3.8, 4) is 5.75 Å². The van der Waals surface area contributed by atoms with Gasteiger partial charge in [0.2, 0.25) is 0 Å². The molecule has 0 saturated carbocycles. The van der Waals surface area contributed by atoms with Gasteiger partial charge in [0.05, 0.1) is 12.8 Å². The standard InChI is InChI=1S/C21H18N4O2/c1-4-7-14(5-2)17-12-18(27-3)16(13-23-17)21(26)25-19-10-9-15-8-6-11-22-20(15)24-19/h4-13H,1-2H2,3H3,(H,22,24,25,26)/b14-7+. The molecule has 134 valence electrons. The molecular weight excluding hydrogens is 340 g/mol. The van der Waals surface area contributed by atoms with Crippen LogP contribution >= 0.6 is 0 Å². The van der Waals surface area contributed by atoms with Crippen LogP contribution in [0.1, 0.15) is 16.1 Å². The third kappa shape index (κ3) is 3.90. The molecule has 0 fully saturated rings. The predicted molar refractivity (Wildman–Crippen MR) is 107 cm³/mol. The van der Waals surface area contributed by atoms with Crippen LogP contribution in [-0.4, -0.2) is 28.0 Å². The molecule has 0 aliphatic heterocycles. The summed E-state index contributed by atoms with van der Waals surface area (Å²) in [6.07, 6.45) is 8.20. The van der Waals surface area contributed by atoms with Crippen LogP contribution in [-0.2, 0) is 0 Å². The van der Waals surface area contributed by atoms with Crippen LogP contribution in [0.15, 0.2) is 74.1 Å². The minimum absolute atomic E-state index is 0.297. The minimum atomic E-state index is -0.374. The number of nitrogens with one attached hydrogen (secondary N) is 1. The van der Waals surface area contributed by atoms with Crippen LogP contribution < -0.4 is 10.1 Å². The fourth-order valence-corrected chi connectivity index (χ4v) is 2.53. The first kappa shape index (κ1) is 18.0. The maximum Gasteiger partial charge on any atom is 0.262 e. The first-order valence-electron chi connectivity index (χ1n) is 8.19. The summed E-state index contributed by atoms with van der Waals surface area (Å²) in [6.45, 7) is 7.43. The summed E-state index contributed by atoms with van der Waals surface area (Å²) in [6, 6.07) is 8.99. The zero-order chi connectivity index (χ0) is 19.2. The molecule has 6 heteroatoms. The second kappa shape index (κ2) is 8.05. The number of methoxy groups -OCH3 is 1. The lowest BCUT2D eigenvalue weighted by molar-refractivity contribution is 0.102. The number of nitrogens with zero attached hydrogens (tertiary/aromatic N) is 3. The average Bonchev–Trinajstić information content (AvgIpc) is 2.71. The topological polar surface area (TPSA) is 77.0 Å². The van der Waals surface area contributed by atoms with E-state index in [1.54, 1.807) is 36.6 Å². The van der Waals surface area contributed by atoms with E-state index in [-0.39, 0.29) is 5.91 Å². The molecule has 3 heterocycles. The van der Waals surface area contributed by atoms with Gasteiger partial charge in [-0.05, 0) is 29.8 Å². The van der Waals surface area contributed by atoms with Gasteiger partial charge in [0.15, 0.2) is 5.65 Å². The third-order valence-corrected chi connectivity index (χ3v) is 3.85. The van der Waals surface area contributed by atoms with E-state index in [1.165, 1.54) is 13.3 Å². The summed E-state index contributed by atoms with van der Waals surface area (Å²) in [4.78, 5) is 25.5. The number of rotatable bonds is 6. The number of hydrogen-bond donors (Lipinski definition) is 1. The molecule has 0 aliphatic rings.